The molecule has 1 aliphatic carbocycles. The Hall–Kier alpha value is -0.830. The number of hydrogen-bond acceptors (Lipinski definition) is 2. The quantitative estimate of drug-likeness (QED) is 0.800. The molecular formula is C13H23N3. The zero-order chi connectivity index (χ0) is 11.5. The average Bonchev–Trinajstić information content (AvgIpc) is 3.03. The van der Waals surface area contributed by atoms with E-state index in [0.717, 1.165) is 12.5 Å². The van der Waals surface area contributed by atoms with Gasteiger partial charge in [-0.1, -0.05) is 13.8 Å². The number of aromatic nitrogens is 2. The van der Waals surface area contributed by atoms with Gasteiger partial charge in [-0.3, -0.25) is 4.68 Å². The second kappa shape index (κ2) is 5.00. The molecule has 0 spiro atoms. The minimum absolute atomic E-state index is 0.439. The summed E-state index contributed by atoms with van der Waals surface area (Å²) in [5, 5.41) is 8.19. The maximum absolute atomic E-state index is 4.55. The number of rotatable bonds is 6. The predicted molar refractivity (Wildman–Crippen MR) is 66.1 cm³/mol. The summed E-state index contributed by atoms with van der Waals surface area (Å²) < 4.78 is 1.90. The lowest BCUT2D eigenvalue weighted by atomic mass is 9.94. The molecule has 2 rings (SSSR count). The van der Waals surface area contributed by atoms with E-state index in [4.69, 9.17) is 0 Å². The van der Waals surface area contributed by atoms with Crippen LogP contribution in [-0.2, 0) is 7.05 Å². The first kappa shape index (κ1) is 11.6. The molecule has 16 heavy (non-hydrogen) atoms. The van der Waals surface area contributed by atoms with E-state index in [1.807, 2.05) is 17.9 Å². The Bertz CT molecular complexity index is 328. The smallest absolute Gasteiger partial charge is 0.0796 e. The zero-order valence-corrected chi connectivity index (χ0v) is 10.6. The average molecular weight is 221 g/mol. The van der Waals surface area contributed by atoms with Crippen molar-refractivity contribution in [2.75, 3.05) is 6.54 Å². The molecule has 1 aromatic rings. The number of aryl methyl sites for hydroxylation is 1. The molecule has 0 aliphatic heterocycles. The molecule has 1 aliphatic rings. The second-order valence-electron chi connectivity index (χ2n) is 5.04. The van der Waals surface area contributed by atoms with Crippen molar-refractivity contribution < 1.29 is 0 Å². The Kier molecular flexibility index (Phi) is 3.64. The first-order valence-corrected chi connectivity index (χ1v) is 6.45. The minimum atomic E-state index is 0.439. The predicted octanol–water partition coefficient (Wildman–Crippen LogP) is 2.51. The lowest BCUT2D eigenvalue weighted by molar-refractivity contribution is 0.341. The molecule has 2 atom stereocenters. The van der Waals surface area contributed by atoms with Gasteiger partial charge < -0.3 is 5.32 Å². The molecule has 3 heteroatoms. The highest BCUT2D eigenvalue weighted by atomic mass is 15.3. The molecule has 3 nitrogen and oxygen atoms in total. The van der Waals surface area contributed by atoms with Crippen molar-refractivity contribution in [3.63, 3.8) is 0 Å². The lowest BCUT2D eigenvalue weighted by Gasteiger charge is -2.23. The van der Waals surface area contributed by atoms with Gasteiger partial charge in [0.1, 0.15) is 0 Å². The Morgan fingerprint density at radius 3 is 2.81 bits per heavy atom. The number of nitrogens with one attached hydrogen (secondary N) is 1. The van der Waals surface area contributed by atoms with Gasteiger partial charge in [-0.2, -0.15) is 5.10 Å². The van der Waals surface area contributed by atoms with Gasteiger partial charge in [0.15, 0.2) is 0 Å². The van der Waals surface area contributed by atoms with Crippen LogP contribution < -0.4 is 5.32 Å². The Morgan fingerprint density at radius 1 is 1.56 bits per heavy atom. The lowest BCUT2D eigenvalue weighted by Crippen LogP contribution is -2.29. The summed E-state index contributed by atoms with van der Waals surface area (Å²) in [4.78, 5) is 0. The fourth-order valence-corrected chi connectivity index (χ4v) is 2.35. The van der Waals surface area contributed by atoms with E-state index in [1.165, 1.54) is 25.0 Å². The third-order valence-corrected chi connectivity index (χ3v) is 3.56. The van der Waals surface area contributed by atoms with Gasteiger partial charge in [0, 0.05) is 13.2 Å². The van der Waals surface area contributed by atoms with Gasteiger partial charge in [-0.15, -0.1) is 0 Å². The van der Waals surface area contributed by atoms with Gasteiger partial charge >= 0.3 is 0 Å². The SMILES string of the molecule is CCCNC(c1ccn(C)n1)C(C)C1CC1. The van der Waals surface area contributed by atoms with E-state index in [-0.39, 0.29) is 0 Å². The fourth-order valence-electron chi connectivity index (χ4n) is 2.35. The van der Waals surface area contributed by atoms with Crippen LogP contribution in [0.2, 0.25) is 0 Å². The monoisotopic (exact) mass is 221 g/mol. The number of nitrogens with zero attached hydrogens (tertiary/aromatic N) is 2. The Morgan fingerprint density at radius 2 is 2.31 bits per heavy atom. The molecule has 1 fully saturated rings. The molecule has 90 valence electrons. The summed E-state index contributed by atoms with van der Waals surface area (Å²) in [5.41, 5.74) is 1.20. The van der Waals surface area contributed by atoms with Crippen LogP contribution in [0.3, 0.4) is 0 Å². The minimum Gasteiger partial charge on any atom is -0.308 e. The van der Waals surface area contributed by atoms with Crippen molar-refractivity contribution in [3.05, 3.63) is 18.0 Å². The van der Waals surface area contributed by atoms with Gasteiger partial charge in [0.2, 0.25) is 0 Å². The molecule has 2 unspecified atom stereocenters. The summed E-state index contributed by atoms with van der Waals surface area (Å²) in [6.45, 7) is 5.66. The first-order chi connectivity index (χ1) is 7.72. The van der Waals surface area contributed by atoms with Crippen LogP contribution in [-0.4, -0.2) is 16.3 Å². The summed E-state index contributed by atoms with van der Waals surface area (Å²) in [7, 11) is 1.99. The Balaban J connectivity index is 2.06. The Labute approximate surface area is 98.2 Å². The zero-order valence-electron chi connectivity index (χ0n) is 10.6. The molecular weight excluding hydrogens is 198 g/mol. The summed E-state index contributed by atoms with van der Waals surface area (Å²) in [6.07, 6.45) is 6.02. The molecule has 1 N–H and O–H groups in total. The van der Waals surface area contributed by atoms with Crippen molar-refractivity contribution >= 4 is 0 Å². The maximum atomic E-state index is 4.55. The third kappa shape index (κ3) is 2.64. The van der Waals surface area contributed by atoms with Crippen LogP contribution in [0.5, 0.6) is 0 Å². The fraction of sp³-hybridized carbons (Fsp3) is 0.769. The standard InChI is InChI=1S/C13H23N3/c1-4-8-14-13(10(2)11-5-6-11)12-7-9-16(3)15-12/h7,9-11,13-14H,4-6,8H2,1-3H3. The van der Waals surface area contributed by atoms with Crippen molar-refractivity contribution in [1.82, 2.24) is 15.1 Å². The summed E-state index contributed by atoms with van der Waals surface area (Å²) in [6, 6.07) is 2.58. The van der Waals surface area contributed by atoms with Crippen LogP contribution in [0.1, 0.15) is 44.8 Å². The summed E-state index contributed by atoms with van der Waals surface area (Å²) in [5.74, 6) is 1.62. The molecule has 1 saturated carbocycles. The highest BCUT2D eigenvalue weighted by Crippen LogP contribution is 2.42. The van der Waals surface area contributed by atoms with Crippen LogP contribution >= 0.6 is 0 Å². The van der Waals surface area contributed by atoms with Crippen LogP contribution in [0.15, 0.2) is 12.3 Å². The highest BCUT2D eigenvalue weighted by molar-refractivity contribution is 5.08. The second-order valence-corrected chi connectivity index (χ2v) is 5.04. The summed E-state index contributed by atoms with van der Waals surface area (Å²) >= 11 is 0. The van der Waals surface area contributed by atoms with Crippen molar-refractivity contribution in [2.24, 2.45) is 18.9 Å². The molecule has 0 radical (unpaired) electrons. The topological polar surface area (TPSA) is 29.9 Å². The van der Waals surface area contributed by atoms with E-state index in [1.54, 1.807) is 0 Å². The van der Waals surface area contributed by atoms with E-state index in [0.29, 0.717) is 12.0 Å². The van der Waals surface area contributed by atoms with E-state index >= 15 is 0 Å². The van der Waals surface area contributed by atoms with Crippen molar-refractivity contribution in [2.45, 2.75) is 39.2 Å². The van der Waals surface area contributed by atoms with Crippen LogP contribution in [0, 0.1) is 11.8 Å². The molecule has 0 saturated heterocycles. The third-order valence-electron chi connectivity index (χ3n) is 3.56. The van der Waals surface area contributed by atoms with Crippen LogP contribution in [0.25, 0.3) is 0 Å². The maximum Gasteiger partial charge on any atom is 0.0796 e. The molecule has 1 heterocycles. The first-order valence-electron chi connectivity index (χ1n) is 6.45. The number of hydrogen-bond donors (Lipinski definition) is 1. The van der Waals surface area contributed by atoms with Gasteiger partial charge in [-0.25, -0.2) is 0 Å². The molecule has 1 aromatic heterocycles. The largest absolute Gasteiger partial charge is 0.308 e. The van der Waals surface area contributed by atoms with E-state index in [2.05, 4.69) is 30.3 Å². The van der Waals surface area contributed by atoms with E-state index in [9.17, 15) is 0 Å². The van der Waals surface area contributed by atoms with Crippen molar-refractivity contribution in [3.8, 4) is 0 Å². The highest BCUT2D eigenvalue weighted by Gasteiger charge is 2.34. The van der Waals surface area contributed by atoms with Crippen LogP contribution in [0.4, 0.5) is 0 Å². The molecule has 0 amide bonds. The normalized spacial score (nSPS) is 19.7. The molecule has 0 aromatic carbocycles. The molecule has 0 bridgehead atoms. The van der Waals surface area contributed by atoms with Gasteiger partial charge in [0.25, 0.3) is 0 Å². The van der Waals surface area contributed by atoms with E-state index < -0.39 is 0 Å². The van der Waals surface area contributed by atoms with Gasteiger partial charge in [-0.05, 0) is 43.7 Å². The van der Waals surface area contributed by atoms with Crippen molar-refractivity contribution in [1.29, 1.82) is 0 Å². The van der Waals surface area contributed by atoms with Gasteiger partial charge in [0.05, 0.1) is 11.7 Å².